The molecule has 0 aliphatic rings. The molecule has 288 valence electrons. The van der Waals surface area contributed by atoms with Gasteiger partial charge in [0.05, 0.1) is 23.3 Å². The van der Waals surface area contributed by atoms with Crippen molar-refractivity contribution in [1.82, 2.24) is 0 Å². The van der Waals surface area contributed by atoms with Gasteiger partial charge in [-0.25, -0.2) is 18.0 Å². The number of esters is 2. The zero-order chi connectivity index (χ0) is 37.5. The van der Waals surface area contributed by atoms with Crippen molar-refractivity contribution < 1.29 is 37.7 Å². The summed E-state index contributed by atoms with van der Waals surface area (Å²) < 4.78 is 38.5. The Hall–Kier alpha value is -3.07. The Morgan fingerprint density at radius 3 is 1.14 bits per heavy atom. The molecule has 51 heavy (non-hydrogen) atoms. The van der Waals surface area contributed by atoms with E-state index in [4.69, 9.17) is 9.47 Å². The van der Waals surface area contributed by atoms with Gasteiger partial charge in [0.15, 0.2) is 0 Å². The van der Waals surface area contributed by atoms with Crippen LogP contribution < -0.4 is 0 Å². The first kappa shape index (κ1) is 44.1. The molecule has 0 aliphatic heterocycles. The predicted octanol–water partition coefficient (Wildman–Crippen LogP) is 11.6. The molecular weight excluding hydrogens is 665 g/mol. The number of rotatable bonds is 28. The number of aromatic hydroxyl groups is 2. The van der Waals surface area contributed by atoms with Crippen LogP contribution in [0.25, 0.3) is 0 Å². The van der Waals surface area contributed by atoms with Gasteiger partial charge >= 0.3 is 11.9 Å². The van der Waals surface area contributed by atoms with Gasteiger partial charge < -0.3 is 19.7 Å². The highest BCUT2D eigenvalue weighted by atomic mass is 32.2. The molecule has 2 rings (SSSR count). The fourth-order valence-electron chi connectivity index (χ4n) is 6.29. The molecule has 0 saturated carbocycles. The molecule has 0 aliphatic carbocycles. The lowest BCUT2D eigenvalue weighted by molar-refractivity contribution is 0.0309. The summed E-state index contributed by atoms with van der Waals surface area (Å²) in [5.74, 6) is -2.60. The topological polar surface area (TPSA) is 127 Å². The maximum absolute atomic E-state index is 13.7. The van der Waals surface area contributed by atoms with Gasteiger partial charge in [-0.1, -0.05) is 129 Å². The van der Waals surface area contributed by atoms with Crippen LogP contribution in [0, 0.1) is 0 Å². The van der Waals surface area contributed by atoms with Crippen molar-refractivity contribution in [1.29, 1.82) is 0 Å². The van der Waals surface area contributed by atoms with Crippen molar-refractivity contribution in [2.75, 3.05) is 0 Å². The third-order valence-electron chi connectivity index (χ3n) is 9.51. The number of phenolic OH excluding ortho intramolecular Hbond substituents is 2. The van der Waals surface area contributed by atoms with Gasteiger partial charge in [-0.15, -0.1) is 0 Å². The quantitative estimate of drug-likeness (QED) is 0.0654. The van der Waals surface area contributed by atoms with Gasteiger partial charge in [0.2, 0.25) is 9.84 Å². The number of benzene rings is 2. The first-order valence-corrected chi connectivity index (χ1v) is 21.3. The lowest BCUT2D eigenvalue weighted by Gasteiger charge is -2.15. The van der Waals surface area contributed by atoms with Crippen LogP contribution in [-0.4, -0.2) is 42.8 Å². The highest BCUT2D eigenvalue weighted by Crippen LogP contribution is 2.35. The Balaban J connectivity index is 1.90. The monoisotopic (exact) mass is 730 g/mol. The molecule has 2 unspecified atom stereocenters. The summed E-state index contributed by atoms with van der Waals surface area (Å²) in [6.07, 6.45) is 24.8. The fourth-order valence-corrected chi connectivity index (χ4v) is 7.78. The van der Waals surface area contributed by atoms with Crippen molar-refractivity contribution in [3.8, 4) is 11.5 Å². The SMILES string of the molecule is CCCCCCCCCCCCC(C)OC(=O)c1ccc(O)c(S(=O)(=O)c2cc(C(=O)OC(C)CCCCCCCCCCCC)ccc2O)c1. The van der Waals surface area contributed by atoms with Gasteiger partial charge in [0, 0.05) is 0 Å². The maximum atomic E-state index is 13.7. The van der Waals surface area contributed by atoms with Crippen molar-refractivity contribution in [3.05, 3.63) is 47.5 Å². The van der Waals surface area contributed by atoms with E-state index in [9.17, 15) is 28.2 Å². The zero-order valence-electron chi connectivity index (χ0n) is 31.9. The summed E-state index contributed by atoms with van der Waals surface area (Å²) in [6, 6.07) is 6.90. The third-order valence-corrected chi connectivity index (χ3v) is 11.3. The molecule has 8 nitrogen and oxygen atoms in total. The molecule has 0 aromatic heterocycles. The Bertz CT molecular complexity index is 1300. The van der Waals surface area contributed by atoms with Crippen molar-refractivity contribution in [3.63, 3.8) is 0 Å². The van der Waals surface area contributed by atoms with Gasteiger partial charge in [0.1, 0.15) is 21.3 Å². The van der Waals surface area contributed by atoms with Crippen LogP contribution >= 0.6 is 0 Å². The molecule has 0 saturated heterocycles. The van der Waals surface area contributed by atoms with Crippen LogP contribution in [0.3, 0.4) is 0 Å². The van der Waals surface area contributed by atoms with Crippen molar-refractivity contribution in [2.45, 2.75) is 191 Å². The minimum atomic E-state index is -4.55. The van der Waals surface area contributed by atoms with Crippen LogP contribution in [-0.2, 0) is 19.3 Å². The van der Waals surface area contributed by atoms with Crippen LogP contribution in [0.15, 0.2) is 46.2 Å². The van der Waals surface area contributed by atoms with E-state index >= 15 is 0 Å². The molecule has 0 radical (unpaired) electrons. The first-order chi connectivity index (χ1) is 24.5. The Kier molecular flexibility index (Phi) is 21.6. The molecule has 2 N–H and O–H groups in total. The predicted molar refractivity (Wildman–Crippen MR) is 204 cm³/mol. The lowest BCUT2D eigenvalue weighted by atomic mass is 10.0. The summed E-state index contributed by atoms with van der Waals surface area (Å²) >= 11 is 0. The average molecular weight is 731 g/mol. The molecular formula is C42H66O8S. The largest absolute Gasteiger partial charge is 0.507 e. The normalized spacial score (nSPS) is 12.8. The highest BCUT2D eigenvalue weighted by molar-refractivity contribution is 7.91. The minimum Gasteiger partial charge on any atom is -0.507 e. The standard InChI is InChI=1S/C42H66O8S/c1-5-7-9-11-13-15-17-19-21-23-25-33(3)49-41(45)35-27-29-37(43)39(31-35)51(47,48)40-32-36(28-30-38(40)44)42(46)50-34(4)26-24-22-20-18-16-14-12-10-8-6-2/h27-34,43-44H,5-26H2,1-4H3. The van der Waals surface area contributed by atoms with Gasteiger partial charge in [-0.2, -0.15) is 0 Å². The van der Waals surface area contributed by atoms with Crippen molar-refractivity contribution >= 4 is 21.8 Å². The summed E-state index contributed by atoms with van der Waals surface area (Å²) in [5, 5.41) is 21.1. The molecule has 0 spiro atoms. The number of hydrogen-bond acceptors (Lipinski definition) is 8. The summed E-state index contributed by atoms with van der Waals surface area (Å²) in [4.78, 5) is 24.8. The van der Waals surface area contributed by atoms with E-state index in [0.717, 1.165) is 62.8 Å². The number of phenols is 2. The van der Waals surface area contributed by atoms with E-state index in [0.29, 0.717) is 12.8 Å². The average Bonchev–Trinajstić information content (AvgIpc) is 3.10. The number of hydrogen-bond donors (Lipinski definition) is 2. The molecule has 0 amide bonds. The summed E-state index contributed by atoms with van der Waals surface area (Å²) in [5.41, 5.74) is -0.0886. The number of carbonyl (C=O) groups excluding carboxylic acids is 2. The van der Waals surface area contributed by atoms with E-state index in [1.807, 2.05) is 13.8 Å². The minimum absolute atomic E-state index is 0.0443. The maximum Gasteiger partial charge on any atom is 0.338 e. The fraction of sp³-hybridized carbons (Fsp3) is 0.667. The molecule has 9 heteroatoms. The van der Waals surface area contributed by atoms with Gasteiger partial charge in [0.25, 0.3) is 0 Å². The molecule has 0 heterocycles. The van der Waals surface area contributed by atoms with E-state index in [2.05, 4.69) is 13.8 Å². The van der Waals surface area contributed by atoms with Crippen LogP contribution in [0.5, 0.6) is 11.5 Å². The second-order valence-electron chi connectivity index (χ2n) is 14.2. The Morgan fingerprint density at radius 2 is 0.824 bits per heavy atom. The lowest BCUT2D eigenvalue weighted by Crippen LogP contribution is -2.16. The molecule has 2 aromatic carbocycles. The van der Waals surface area contributed by atoms with Crippen LogP contribution in [0.2, 0.25) is 0 Å². The van der Waals surface area contributed by atoms with Gasteiger partial charge in [-0.05, 0) is 75.9 Å². The molecule has 0 bridgehead atoms. The molecule has 2 aromatic rings. The van der Waals surface area contributed by atoms with E-state index in [1.54, 1.807) is 0 Å². The second-order valence-corrected chi connectivity index (χ2v) is 16.1. The molecule has 2 atom stereocenters. The van der Waals surface area contributed by atoms with E-state index in [1.165, 1.54) is 102 Å². The number of carbonyl (C=O) groups is 2. The number of sulfone groups is 1. The number of ether oxygens (including phenoxy) is 2. The third kappa shape index (κ3) is 16.9. The first-order valence-electron chi connectivity index (χ1n) is 19.8. The molecule has 0 fully saturated rings. The van der Waals surface area contributed by atoms with Crippen LogP contribution in [0.1, 0.15) is 190 Å². The van der Waals surface area contributed by atoms with E-state index in [-0.39, 0.29) is 23.3 Å². The number of unbranched alkanes of at least 4 members (excludes halogenated alkanes) is 18. The van der Waals surface area contributed by atoms with Crippen LogP contribution in [0.4, 0.5) is 0 Å². The Morgan fingerprint density at radius 1 is 0.529 bits per heavy atom. The smallest absolute Gasteiger partial charge is 0.338 e. The zero-order valence-corrected chi connectivity index (χ0v) is 32.7. The van der Waals surface area contributed by atoms with Crippen molar-refractivity contribution in [2.24, 2.45) is 0 Å². The second kappa shape index (κ2) is 25.0. The highest BCUT2D eigenvalue weighted by Gasteiger charge is 2.28. The summed E-state index contributed by atoms with van der Waals surface area (Å²) in [7, 11) is -4.55. The summed E-state index contributed by atoms with van der Waals surface area (Å²) in [6.45, 7) is 8.06. The van der Waals surface area contributed by atoms with E-state index < -0.39 is 43.1 Å². The van der Waals surface area contributed by atoms with Gasteiger partial charge in [-0.3, -0.25) is 0 Å². The Labute approximate surface area is 308 Å².